The monoisotopic (exact) mass is 344 g/mol. The second kappa shape index (κ2) is 4.82. The van der Waals surface area contributed by atoms with Crippen molar-refractivity contribution >= 4 is 53.7 Å². The van der Waals surface area contributed by atoms with Crippen molar-refractivity contribution in [3.05, 3.63) is 0 Å². The summed E-state index contributed by atoms with van der Waals surface area (Å²) in [4.78, 5) is 0. The van der Waals surface area contributed by atoms with Gasteiger partial charge in [-0.25, -0.2) is 13.0 Å². The third-order valence-corrected chi connectivity index (χ3v) is 11.0. The molecule has 3 nitrogen and oxygen atoms in total. The summed E-state index contributed by atoms with van der Waals surface area (Å²) in [6.45, 7) is 6.25. The normalized spacial score (nSPS) is 36.4. The Bertz CT molecular complexity index is 414. The highest BCUT2D eigenvalue weighted by molar-refractivity contribution is 9.11. The van der Waals surface area contributed by atoms with E-state index in [-0.39, 0.29) is 14.7 Å². The van der Waals surface area contributed by atoms with Gasteiger partial charge in [-0.2, -0.15) is 0 Å². The molecule has 0 amide bonds. The Labute approximate surface area is 113 Å². The third-order valence-electron chi connectivity index (χ3n) is 2.88. The number of halogens is 1. The summed E-state index contributed by atoms with van der Waals surface area (Å²) >= 11 is 6.80. The quantitative estimate of drug-likeness (QED) is 0.565. The van der Waals surface area contributed by atoms with Crippen molar-refractivity contribution in [2.75, 3.05) is 18.8 Å². The van der Waals surface area contributed by atoms with Crippen LogP contribution in [0.5, 0.6) is 0 Å². The molecule has 0 aromatic carbocycles. The summed E-state index contributed by atoms with van der Waals surface area (Å²) < 4.78 is 26.6. The van der Waals surface area contributed by atoms with E-state index in [2.05, 4.69) is 34.4 Å². The van der Waals surface area contributed by atoms with Gasteiger partial charge in [0.2, 0.25) is 0 Å². The summed E-state index contributed by atoms with van der Waals surface area (Å²) in [7, 11) is -2.90. The molecule has 0 saturated carbocycles. The predicted octanol–water partition coefficient (Wildman–Crippen LogP) is 1.76. The fourth-order valence-electron chi connectivity index (χ4n) is 1.92. The second-order valence-electron chi connectivity index (χ2n) is 3.86. The number of thioether (sulfide) groups is 2. The Morgan fingerprint density at radius 2 is 2.00 bits per heavy atom. The molecule has 7 heteroatoms. The van der Waals surface area contributed by atoms with Crippen LogP contribution in [0.2, 0.25) is 0 Å². The molecule has 3 atom stereocenters. The van der Waals surface area contributed by atoms with Crippen molar-refractivity contribution in [2.45, 2.75) is 28.5 Å². The van der Waals surface area contributed by atoms with Crippen LogP contribution in [0, 0.1) is 0 Å². The first-order chi connectivity index (χ1) is 7.49. The first kappa shape index (κ1) is 13.2. The SMILES string of the molecule is CC[N+](CC)=C1SC2CS(=O)(=O)C(Br)C2S1. The van der Waals surface area contributed by atoms with Gasteiger partial charge in [-0.1, -0.05) is 15.9 Å². The Morgan fingerprint density at radius 1 is 1.38 bits per heavy atom. The fourth-order valence-corrected chi connectivity index (χ4v) is 9.67. The van der Waals surface area contributed by atoms with E-state index in [9.17, 15) is 8.42 Å². The van der Waals surface area contributed by atoms with Crippen LogP contribution in [-0.4, -0.2) is 50.9 Å². The maximum Gasteiger partial charge on any atom is 0.270 e. The number of nitrogens with zero attached hydrogens (tertiary/aromatic N) is 1. The van der Waals surface area contributed by atoms with E-state index in [0.717, 1.165) is 13.1 Å². The minimum absolute atomic E-state index is 0.186. The number of alkyl halides is 1. The molecule has 0 radical (unpaired) electrons. The molecular weight excluding hydrogens is 330 g/mol. The third kappa shape index (κ3) is 2.20. The molecule has 2 aliphatic rings. The van der Waals surface area contributed by atoms with E-state index in [4.69, 9.17) is 0 Å². The molecule has 3 unspecified atom stereocenters. The summed E-state index contributed by atoms with van der Waals surface area (Å²) in [5.41, 5.74) is 0. The molecule has 0 N–H and O–H groups in total. The van der Waals surface area contributed by atoms with Crippen LogP contribution in [0.4, 0.5) is 0 Å². The van der Waals surface area contributed by atoms with Crippen molar-refractivity contribution in [1.82, 2.24) is 0 Å². The van der Waals surface area contributed by atoms with Crippen molar-refractivity contribution in [2.24, 2.45) is 0 Å². The molecule has 0 spiro atoms. The van der Waals surface area contributed by atoms with Crippen LogP contribution >= 0.6 is 39.5 Å². The number of sulfone groups is 1. The topological polar surface area (TPSA) is 37.1 Å². The lowest BCUT2D eigenvalue weighted by Gasteiger charge is -2.06. The summed E-state index contributed by atoms with van der Waals surface area (Å²) in [5, 5.41) is 0.417. The zero-order valence-electron chi connectivity index (χ0n) is 9.22. The van der Waals surface area contributed by atoms with Gasteiger partial charge in [0.25, 0.3) is 4.38 Å². The fraction of sp³-hybridized carbons (Fsp3) is 0.889. The molecule has 0 bridgehead atoms. The maximum atomic E-state index is 11.7. The highest BCUT2D eigenvalue weighted by atomic mass is 79.9. The van der Waals surface area contributed by atoms with Crippen LogP contribution in [0.1, 0.15) is 13.8 Å². The van der Waals surface area contributed by atoms with E-state index in [1.807, 2.05) is 0 Å². The number of hydrogen-bond acceptors (Lipinski definition) is 4. The van der Waals surface area contributed by atoms with Gasteiger partial charge in [0.1, 0.15) is 17.2 Å². The van der Waals surface area contributed by atoms with E-state index in [1.54, 1.807) is 23.5 Å². The van der Waals surface area contributed by atoms with Crippen molar-refractivity contribution in [3.8, 4) is 0 Å². The van der Waals surface area contributed by atoms with E-state index < -0.39 is 9.84 Å². The first-order valence-corrected chi connectivity index (χ1v) is 9.69. The average molecular weight is 345 g/mol. The van der Waals surface area contributed by atoms with Gasteiger partial charge in [-0.3, -0.25) is 0 Å². The predicted molar refractivity (Wildman–Crippen MR) is 75.6 cm³/mol. The van der Waals surface area contributed by atoms with Crippen LogP contribution in [-0.2, 0) is 9.84 Å². The minimum Gasteiger partial charge on any atom is -0.228 e. The molecule has 2 rings (SSSR count). The Kier molecular flexibility index (Phi) is 3.99. The Balaban J connectivity index is 2.22. The lowest BCUT2D eigenvalue weighted by Crippen LogP contribution is -2.19. The van der Waals surface area contributed by atoms with Crippen LogP contribution in [0.25, 0.3) is 0 Å². The summed E-state index contributed by atoms with van der Waals surface area (Å²) in [6.07, 6.45) is 0. The molecule has 0 aromatic rings. The largest absolute Gasteiger partial charge is 0.270 e. The van der Waals surface area contributed by atoms with Gasteiger partial charge < -0.3 is 0 Å². The second-order valence-corrected chi connectivity index (χ2v) is 10.3. The zero-order chi connectivity index (χ0) is 11.9. The van der Waals surface area contributed by atoms with E-state index >= 15 is 0 Å². The van der Waals surface area contributed by atoms with Crippen LogP contribution < -0.4 is 0 Å². The number of rotatable bonds is 2. The lowest BCUT2D eigenvalue weighted by molar-refractivity contribution is -0.515. The zero-order valence-corrected chi connectivity index (χ0v) is 13.3. The minimum atomic E-state index is -2.90. The lowest BCUT2D eigenvalue weighted by atomic mass is 10.4. The number of fused-ring (bicyclic) bond motifs is 1. The van der Waals surface area contributed by atoms with Crippen molar-refractivity contribution in [3.63, 3.8) is 0 Å². The van der Waals surface area contributed by atoms with Crippen LogP contribution in [0.3, 0.4) is 0 Å². The standard InChI is InChI=1S/C9H15BrNO2S3/c1-3-11(4-2)9-14-6-5-16(12,13)8(10)7(6)15-9/h6-8H,3-5H2,1-2H3/q+1. The summed E-state index contributed by atoms with van der Waals surface area (Å²) in [6, 6.07) is 0. The molecule has 2 saturated heterocycles. The van der Waals surface area contributed by atoms with Crippen LogP contribution in [0.15, 0.2) is 0 Å². The van der Waals surface area contributed by atoms with E-state index in [1.165, 1.54) is 4.38 Å². The number of hydrogen-bond donors (Lipinski definition) is 0. The van der Waals surface area contributed by atoms with Gasteiger partial charge >= 0.3 is 0 Å². The molecule has 2 fully saturated rings. The highest BCUT2D eigenvalue weighted by Gasteiger charge is 2.53. The molecule has 16 heavy (non-hydrogen) atoms. The van der Waals surface area contributed by atoms with Gasteiger partial charge in [0, 0.05) is 5.25 Å². The molecule has 2 aliphatic heterocycles. The van der Waals surface area contributed by atoms with Gasteiger partial charge in [-0.15, -0.1) is 0 Å². The smallest absolute Gasteiger partial charge is 0.228 e. The Hall–Kier alpha value is 0.800. The molecule has 2 heterocycles. The molecule has 92 valence electrons. The summed E-state index contributed by atoms with van der Waals surface area (Å²) in [5.74, 6) is 0.315. The first-order valence-electron chi connectivity index (χ1n) is 5.30. The molecule has 0 aromatic heterocycles. The van der Waals surface area contributed by atoms with Gasteiger partial charge in [-0.05, 0) is 37.4 Å². The highest BCUT2D eigenvalue weighted by Crippen LogP contribution is 2.49. The molecule has 0 aliphatic carbocycles. The molecular formula is C9H15BrNO2S3+. The Morgan fingerprint density at radius 3 is 2.50 bits per heavy atom. The van der Waals surface area contributed by atoms with Crippen molar-refractivity contribution < 1.29 is 13.0 Å². The van der Waals surface area contributed by atoms with Crippen molar-refractivity contribution in [1.29, 1.82) is 0 Å². The van der Waals surface area contributed by atoms with Gasteiger partial charge in [0.15, 0.2) is 9.84 Å². The van der Waals surface area contributed by atoms with Gasteiger partial charge in [0.05, 0.1) is 11.0 Å². The average Bonchev–Trinajstić information content (AvgIpc) is 2.69. The van der Waals surface area contributed by atoms with E-state index in [0.29, 0.717) is 5.75 Å². The maximum absolute atomic E-state index is 11.7.